The number of nitrogens with one attached hydrogen (secondary N) is 1. The highest BCUT2D eigenvalue weighted by Crippen LogP contribution is 2.25. The largest absolute Gasteiger partial charge is 0.508 e. The first kappa shape index (κ1) is 14.1. The second kappa shape index (κ2) is 6.31. The van der Waals surface area contributed by atoms with Crippen molar-refractivity contribution in [3.05, 3.63) is 36.2 Å². The summed E-state index contributed by atoms with van der Waals surface area (Å²) in [5.41, 5.74) is 2.16. The SMILES string of the molecule is Cn1ccnc1-c1cc(O)cc(CCC2CCCCN2)c1. The first-order valence-corrected chi connectivity index (χ1v) is 7.76. The zero-order valence-electron chi connectivity index (χ0n) is 12.5. The van der Waals surface area contributed by atoms with E-state index < -0.39 is 0 Å². The molecule has 1 aromatic heterocycles. The molecule has 1 saturated heterocycles. The van der Waals surface area contributed by atoms with Gasteiger partial charge in [0.15, 0.2) is 0 Å². The number of phenols is 1. The zero-order chi connectivity index (χ0) is 14.7. The molecule has 0 aliphatic carbocycles. The van der Waals surface area contributed by atoms with E-state index in [4.69, 9.17) is 0 Å². The van der Waals surface area contributed by atoms with Gasteiger partial charge in [-0.25, -0.2) is 4.98 Å². The minimum atomic E-state index is 0.321. The molecular formula is C17H23N3O. The van der Waals surface area contributed by atoms with Crippen molar-refractivity contribution in [1.29, 1.82) is 0 Å². The molecule has 4 heteroatoms. The Bertz CT molecular complexity index is 600. The first-order valence-electron chi connectivity index (χ1n) is 7.76. The summed E-state index contributed by atoms with van der Waals surface area (Å²) in [7, 11) is 1.97. The van der Waals surface area contributed by atoms with E-state index in [0.717, 1.165) is 30.8 Å². The lowest BCUT2D eigenvalue weighted by Gasteiger charge is -2.23. The third-order valence-electron chi connectivity index (χ3n) is 4.25. The maximum atomic E-state index is 9.97. The van der Waals surface area contributed by atoms with E-state index in [9.17, 15) is 5.11 Å². The third-order valence-corrected chi connectivity index (χ3v) is 4.25. The smallest absolute Gasteiger partial charge is 0.139 e. The molecule has 2 aromatic rings. The van der Waals surface area contributed by atoms with Crippen LogP contribution < -0.4 is 5.32 Å². The van der Waals surface area contributed by atoms with Crippen molar-refractivity contribution in [1.82, 2.24) is 14.9 Å². The van der Waals surface area contributed by atoms with Crippen LogP contribution in [0.4, 0.5) is 0 Å². The van der Waals surface area contributed by atoms with Crippen LogP contribution in [0.5, 0.6) is 5.75 Å². The summed E-state index contributed by atoms with van der Waals surface area (Å²) < 4.78 is 1.97. The van der Waals surface area contributed by atoms with Gasteiger partial charge in [0.05, 0.1) is 0 Å². The molecule has 0 bridgehead atoms. The number of piperidine rings is 1. The van der Waals surface area contributed by atoms with E-state index in [0.29, 0.717) is 11.8 Å². The van der Waals surface area contributed by atoms with Gasteiger partial charge in [0.2, 0.25) is 0 Å². The molecule has 112 valence electrons. The van der Waals surface area contributed by atoms with E-state index in [1.54, 1.807) is 12.3 Å². The topological polar surface area (TPSA) is 50.1 Å². The van der Waals surface area contributed by atoms with Crippen LogP contribution in [0.1, 0.15) is 31.2 Å². The van der Waals surface area contributed by atoms with Crippen molar-refractivity contribution in [2.75, 3.05) is 6.54 Å². The van der Waals surface area contributed by atoms with Crippen LogP contribution in [0.25, 0.3) is 11.4 Å². The summed E-state index contributed by atoms with van der Waals surface area (Å²) in [6.07, 6.45) is 9.72. The average Bonchev–Trinajstić information content (AvgIpc) is 2.92. The highest BCUT2D eigenvalue weighted by atomic mass is 16.3. The van der Waals surface area contributed by atoms with Gasteiger partial charge in [0.25, 0.3) is 0 Å². The number of hydrogen-bond donors (Lipinski definition) is 2. The Kier molecular flexibility index (Phi) is 4.25. The fourth-order valence-electron chi connectivity index (χ4n) is 3.10. The van der Waals surface area contributed by atoms with E-state index in [2.05, 4.69) is 16.4 Å². The number of rotatable bonds is 4. The van der Waals surface area contributed by atoms with Gasteiger partial charge in [-0.2, -0.15) is 0 Å². The Morgan fingerprint density at radius 2 is 2.24 bits per heavy atom. The Labute approximate surface area is 125 Å². The number of hydrogen-bond acceptors (Lipinski definition) is 3. The fourth-order valence-corrected chi connectivity index (χ4v) is 3.10. The Hall–Kier alpha value is -1.81. The number of benzene rings is 1. The van der Waals surface area contributed by atoms with Gasteiger partial charge in [-0.1, -0.05) is 6.42 Å². The fraction of sp³-hybridized carbons (Fsp3) is 0.471. The Morgan fingerprint density at radius 3 is 2.95 bits per heavy atom. The molecule has 0 saturated carbocycles. The normalized spacial score (nSPS) is 18.8. The minimum Gasteiger partial charge on any atom is -0.508 e. The summed E-state index contributed by atoms with van der Waals surface area (Å²) in [5, 5.41) is 13.5. The van der Waals surface area contributed by atoms with Crippen molar-refractivity contribution in [2.45, 2.75) is 38.1 Å². The molecule has 1 atom stereocenters. The van der Waals surface area contributed by atoms with Crippen molar-refractivity contribution in [2.24, 2.45) is 7.05 Å². The molecule has 1 unspecified atom stereocenters. The second-order valence-electron chi connectivity index (χ2n) is 5.94. The molecule has 21 heavy (non-hydrogen) atoms. The van der Waals surface area contributed by atoms with Crippen molar-refractivity contribution in [3.63, 3.8) is 0 Å². The molecule has 2 N–H and O–H groups in total. The number of nitrogens with zero attached hydrogens (tertiary/aromatic N) is 2. The highest BCUT2D eigenvalue weighted by molar-refractivity contribution is 5.59. The van der Waals surface area contributed by atoms with Gasteiger partial charge >= 0.3 is 0 Å². The minimum absolute atomic E-state index is 0.321. The van der Waals surface area contributed by atoms with Gasteiger partial charge in [-0.15, -0.1) is 0 Å². The number of aromatic hydroxyl groups is 1. The lowest BCUT2D eigenvalue weighted by atomic mass is 9.97. The number of aromatic nitrogens is 2. The van der Waals surface area contributed by atoms with Gasteiger partial charge in [-0.05, 0) is 56.0 Å². The summed E-state index contributed by atoms with van der Waals surface area (Å²) in [4.78, 5) is 4.36. The van der Waals surface area contributed by atoms with E-state index in [1.807, 2.05) is 23.9 Å². The molecule has 0 spiro atoms. The molecule has 1 aliphatic rings. The van der Waals surface area contributed by atoms with Crippen LogP contribution in [-0.4, -0.2) is 27.2 Å². The van der Waals surface area contributed by atoms with E-state index >= 15 is 0 Å². The molecule has 1 fully saturated rings. The maximum Gasteiger partial charge on any atom is 0.139 e. The van der Waals surface area contributed by atoms with Gasteiger partial charge in [0, 0.05) is 31.0 Å². The lowest BCUT2D eigenvalue weighted by Crippen LogP contribution is -2.34. The zero-order valence-corrected chi connectivity index (χ0v) is 12.5. The van der Waals surface area contributed by atoms with Crippen LogP contribution in [0.15, 0.2) is 30.6 Å². The van der Waals surface area contributed by atoms with Gasteiger partial charge in [-0.3, -0.25) is 0 Å². The van der Waals surface area contributed by atoms with Crippen LogP contribution in [0.3, 0.4) is 0 Å². The van der Waals surface area contributed by atoms with Crippen molar-refractivity contribution >= 4 is 0 Å². The molecule has 1 aliphatic heterocycles. The lowest BCUT2D eigenvalue weighted by molar-refractivity contribution is 0.382. The number of imidazole rings is 1. The van der Waals surface area contributed by atoms with Gasteiger partial charge in [0.1, 0.15) is 11.6 Å². The Morgan fingerprint density at radius 1 is 1.33 bits per heavy atom. The van der Waals surface area contributed by atoms with Crippen LogP contribution >= 0.6 is 0 Å². The van der Waals surface area contributed by atoms with E-state index in [-0.39, 0.29) is 0 Å². The number of phenolic OH excluding ortho intramolecular Hbond substituents is 1. The third kappa shape index (κ3) is 3.45. The van der Waals surface area contributed by atoms with Crippen molar-refractivity contribution in [3.8, 4) is 17.1 Å². The summed E-state index contributed by atoms with van der Waals surface area (Å²) in [6, 6.07) is 6.42. The van der Waals surface area contributed by atoms with Crippen LogP contribution in [0, 0.1) is 0 Å². The van der Waals surface area contributed by atoms with Crippen LogP contribution in [0.2, 0.25) is 0 Å². The van der Waals surface area contributed by atoms with Crippen molar-refractivity contribution < 1.29 is 5.11 Å². The predicted molar refractivity (Wildman–Crippen MR) is 84.3 cm³/mol. The summed E-state index contributed by atoms with van der Waals surface area (Å²) in [5.74, 6) is 1.21. The second-order valence-corrected chi connectivity index (χ2v) is 5.94. The highest BCUT2D eigenvalue weighted by Gasteiger charge is 2.13. The summed E-state index contributed by atoms with van der Waals surface area (Å²) >= 11 is 0. The molecule has 1 aromatic carbocycles. The molecule has 4 nitrogen and oxygen atoms in total. The van der Waals surface area contributed by atoms with Crippen LogP contribution in [-0.2, 0) is 13.5 Å². The Balaban J connectivity index is 1.73. The molecule has 3 rings (SSSR count). The van der Waals surface area contributed by atoms with E-state index in [1.165, 1.54) is 24.8 Å². The maximum absolute atomic E-state index is 9.97. The first-order chi connectivity index (χ1) is 10.2. The monoisotopic (exact) mass is 285 g/mol. The molecule has 0 amide bonds. The van der Waals surface area contributed by atoms with Gasteiger partial charge < -0.3 is 15.0 Å². The molecule has 2 heterocycles. The molecular weight excluding hydrogens is 262 g/mol. The standard InChI is InChI=1S/C17H23N3O/c1-20-9-8-19-17(20)14-10-13(11-16(21)12-14)5-6-15-4-2-3-7-18-15/h8-12,15,18,21H,2-7H2,1H3. The molecule has 0 radical (unpaired) electrons. The summed E-state index contributed by atoms with van der Waals surface area (Å²) in [6.45, 7) is 1.14. The number of aryl methyl sites for hydroxylation is 2. The quantitative estimate of drug-likeness (QED) is 0.908. The predicted octanol–water partition coefficient (Wildman–Crippen LogP) is 2.87. The average molecular weight is 285 g/mol.